The first kappa shape index (κ1) is 21.4. The molecule has 0 unspecified atom stereocenters. The van der Waals surface area contributed by atoms with Crippen molar-refractivity contribution in [1.82, 2.24) is 0 Å². The Kier molecular flexibility index (Phi) is 7.55. The van der Waals surface area contributed by atoms with Gasteiger partial charge in [0.05, 0.1) is 19.8 Å². The van der Waals surface area contributed by atoms with E-state index in [-0.39, 0.29) is 5.91 Å². The molecule has 152 valence electrons. The van der Waals surface area contributed by atoms with E-state index < -0.39 is 0 Å². The molecule has 6 heteroatoms. The lowest BCUT2D eigenvalue weighted by atomic mass is 10.1. The molecule has 28 heavy (non-hydrogen) atoms. The molecule has 2 aromatic carbocycles. The highest BCUT2D eigenvalue weighted by atomic mass is 16.5. The molecule has 0 saturated heterocycles. The maximum Gasteiger partial charge on any atom is 0.255 e. The van der Waals surface area contributed by atoms with Gasteiger partial charge in [0.15, 0.2) is 11.5 Å². The van der Waals surface area contributed by atoms with E-state index in [2.05, 4.69) is 5.32 Å². The van der Waals surface area contributed by atoms with Gasteiger partial charge in [-0.25, -0.2) is 0 Å². The van der Waals surface area contributed by atoms with Gasteiger partial charge in [-0.1, -0.05) is 0 Å². The number of rotatable bonds is 9. The Morgan fingerprint density at radius 1 is 0.929 bits per heavy atom. The van der Waals surface area contributed by atoms with Gasteiger partial charge in [0.1, 0.15) is 0 Å². The second-order valence-corrected chi connectivity index (χ2v) is 6.45. The van der Waals surface area contributed by atoms with E-state index in [0.717, 1.165) is 16.9 Å². The average molecular weight is 386 g/mol. The van der Waals surface area contributed by atoms with Crippen LogP contribution in [0.1, 0.15) is 36.7 Å². The fraction of sp³-hybridized carbons (Fsp3) is 0.409. The number of ether oxygens (including phenoxy) is 3. The van der Waals surface area contributed by atoms with Crippen LogP contribution in [0.2, 0.25) is 0 Å². The fourth-order valence-corrected chi connectivity index (χ4v) is 2.96. The minimum atomic E-state index is -0.234. The van der Waals surface area contributed by atoms with Crippen LogP contribution in [-0.2, 0) is 0 Å². The van der Waals surface area contributed by atoms with Gasteiger partial charge in [-0.2, -0.15) is 0 Å². The van der Waals surface area contributed by atoms with Gasteiger partial charge in [0, 0.05) is 31.0 Å². The van der Waals surface area contributed by atoms with Gasteiger partial charge in [-0.15, -0.1) is 0 Å². The van der Waals surface area contributed by atoms with Crippen LogP contribution in [0.15, 0.2) is 30.3 Å². The topological polar surface area (TPSA) is 60.0 Å². The lowest BCUT2D eigenvalue weighted by molar-refractivity contribution is 0.102. The Morgan fingerprint density at radius 2 is 1.50 bits per heavy atom. The molecular weight excluding hydrogens is 356 g/mol. The second-order valence-electron chi connectivity index (χ2n) is 6.45. The normalized spacial score (nSPS) is 10.4. The highest BCUT2D eigenvalue weighted by Crippen LogP contribution is 2.39. The molecule has 0 aliphatic heterocycles. The van der Waals surface area contributed by atoms with E-state index in [0.29, 0.717) is 42.6 Å². The Bertz CT molecular complexity index is 791. The minimum absolute atomic E-state index is 0.234. The third kappa shape index (κ3) is 5.09. The van der Waals surface area contributed by atoms with Crippen LogP contribution in [0.4, 0.5) is 11.4 Å². The molecule has 0 spiro atoms. The number of hydrogen-bond acceptors (Lipinski definition) is 5. The maximum atomic E-state index is 12.9. The summed E-state index contributed by atoms with van der Waals surface area (Å²) < 4.78 is 17.1. The number of carbonyl (C=O) groups excluding carboxylic acids is 1. The quantitative estimate of drug-likeness (QED) is 0.687. The molecule has 0 saturated carbocycles. The van der Waals surface area contributed by atoms with Crippen molar-refractivity contribution >= 4 is 17.3 Å². The molecule has 0 aromatic heterocycles. The molecule has 6 nitrogen and oxygen atoms in total. The van der Waals surface area contributed by atoms with Crippen LogP contribution < -0.4 is 24.4 Å². The SMILES string of the molecule is CCOc1cc(C(=O)Nc2ccc(N(C)C)c(C)c2)cc(OCC)c1OCC. The summed E-state index contributed by atoms with van der Waals surface area (Å²) in [5, 5.41) is 2.95. The van der Waals surface area contributed by atoms with Crippen molar-refractivity contribution in [3.05, 3.63) is 41.5 Å². The summed E-state index contributed by atoms with van der Waals surface area (Å²) in [6, 6.07) is 9.21. The second kappa shape index (κ2) is 9.88. The van der Waals surface area contributed by atoms with Gasteiger partial charge in [-0.05, 0) is 63.6 Å². The molecule has 1 amide bonds. The third-order valence-electron chi connectivity index (χ3n) is 4.11. The van der Waals surface area contributed by atoms with Crippen molar-refractivity contribution in [2.45, 2.75) is 27.7 Å². The lowest BCUT2D eigenvalue weighted by Crippen LogP contribution is -2.14. The van der Waals surface area contributed by atoms with E-state index in [4.69, 9.17) is 14.2 Å². The van der Waals surface area contributed by atoms with Crippen LogP contribution in [0.5, 0.6) is 17.2 Å². The van der Waals surface area contributed by atoms with Crippen molar-refractivity contribution < 1.29 is 19.0 Å². The molecule has 1 N–H and O–H groups in total. The van der Waals surface area contributed by atoms with Crippen molar-refractivity contribution in [3.8, 4) is 17.2 Å². The zero-order valence-corrected chi connectivity index (χ0v) is 17.6. The summed E-state index contributed by atoms with van der Waals surface area (Å²) in [7, 11) is 3.98. The van der Waals surface area contributed by atoms with Crippen molar-refractivity contribution in [2.75, 3.05) is 44.1 Å². The molecule has 0 bridgehead atoms. The summed E-state index contributed by atoms with van der Waals surface area (Å²) in [5.41, 5.74) is 3.37. The number of amides is 1. The number of aryl methyl sites for hydroxylation is 1. The predicted molar refractivity (Wildman–Crippen MR) is 113 cm³/mol. The summed E-state index contributed by atoms with van der Waals surface area (Å²) in [4.78, 5) is 14.9. The van der Waals surface area contributed by atoms with Gasteiger partial charge in [0.2, 0.25) is 5.75 Å². The highest BCUT2D eigenvalue weighted by molar-refractivity contribution is 6.05. The zero-order chi connectivity index (χ0) is 20.7. The number of hydrogen-bond donors (Lipinski definition) is 1. The monoisotopic (exact) mass is 386 g/mol. The third-order valence-corrected chi connectivity index (χ3v) is 4.11. The highest BCUT2D eigenvalue weighted by Gasteiger charge is 2.18. The summed E-state index contributed by atoms with van der Waals surface area (Å²) >= 11 is 0. The largest absolute Gasteiger partial charge is 0.490 e. The predicted octanol–water partition coefficient (Wildman–Crippen LogP) is 4.51. The smallest absolute Gasteiger partial charge is 0.255 e. The van der Waals surface area contributed by atoms with Crippen molar-refractivity contribution in [2.24, 2.45) is 0 Å². The first-order chi connectivity index (χ1) is 13.4. The first-order valence-electron chi connectivity index (χ1n) is 9.56. The van der Waals surface area contributed by atoms with E-state index in [1.807, 2.05) is 64.9 Å². The molecule has 0 fully saturated rings. The van der Waals surface area contributed by atoms with Crippen LogP contribution in [0.25, 0.3) is 0 Å². The van der Waals surface area contributed by atoms with Crippen LogP contribution in [0, 0.1) is 6.92 Å². The Morgan fingerprint density at radius 3 is 1.96 bits per heavy atom. The van der Waals surface area contributed by atoms with Crippen molar-refractivity contribution in [3.63, 3.8) is 0 Å². The van der Waals surface area contributed by atoms with E-state index in [1.54, 1.807) is 12.1 Å². The maximum absolute atomic E-state index is 12.9. The zero-order valence-electron chi connectivity index (χ0n) is 17.6. The molecule has 0 heterocycles. The van der Waals surface area contributed by atoms with E-state index >= 15 is 0 Å². The molecule has 0 atom stereocenters. The first-order valence-corrected chi connectivity index (χ1v) is 9.56. The molecule has 0 aliphatic carbocycles. The van der Waals surface area contributed by atoms with E-state index in [9.17, 15) is 4.79 Å². The van der Waals surface area contributed by atoms with Gasteiger partial charge in [-0.3, -0.25) is 4.79 Å². The average Bonchev–Trinajstić information content (AvgIpc) is 2.64. The lowest BCUT2D eigenvalue weighted by Gasteiger charge is -2.18. The molecular formula is C22H30N2O4. The number of nitrogens with one attached hydrogen (secondary N) is 1. The van der Waals surface area contributed by atoms with Gasteiger partial charge in [0.25, 0.3) is 5.91 Å². The van der Waals surface area contributed by atoms with Crippen LogP contribution >= 0.6 is 0 Å². The van der Waals surface area contributed by atoms with E-state index in [1.165, 1.54) is 0 Å². The van der Waals surface area contributed by atoms with Crippen LogP contribution in [-0.4, -0.2) is 39.8 Å². The molecule has 0 radical (unpaired) electrons. The molecule has 2 rings (SSSR count). The Labute approximate surface area is 167 Å². The summed E-state index contributed by atoms with van der Waals surface area (Å²) in [6.45, 7) is 9.08. The van der Waals surface area contributed by atoms with Gasteiger partial charge >= 0.3 is 0 Å². The van der Waals surface area contributed by atoms with Crippen molar-refractivity contribution in [1.29, 1.82) is 0 Å². The van der Waals surface area contributed by atoms with Gasteiger partial charge < -0.3 is 24.4 Å². The number of carbonyl (C=O) groups is 1. The Balaban J connectivity index is 2.35. The molecule has 0 aliphatic rings. The standard InChI is InChI=1S/C22H30N2O4/c1-7-26-19-13-16(14-20(27-8-2)21(19)28-9-3)22(25)23-17-10-11-18(24(5)6)15(4)12-17/h10-14H,7-9H2,1-6H3,(H,23,25). The molecule has 2 aromatic rings. The summed E-state index contributed by atoms with van der Waals surface area (Å²) in [6.07, 6.45) is 0. The number of benzene rings is 2. The Hall–Kier alpha value is -2.89. The number of nitrogens with zero attached hydrogens (tertiary/aromatic N) is 1. The fourth-order valence-electron chi connectivity index (χ4n) is 2.96. The number of anilines is 2. The van der Waals surface area contributed by atoms with Crippen LogP contribution in [0.3, 0.4) is 0 Å². The summed E-state index contributed by atoms with van der Waals surface area (Å²) in [5.74, 6) is 1.29. The minimum Gasteiger partial charge on any atom is -0.490 e.